The predicted molar refractivity (Wildman–Crippen MR) is 104 cm³/mol. The van der Waals surface area contributed by atoms with E-state index in [0.717, 1.165) is 31.4 Å². The number of hydrogen-bond donors (Lipinski definition) is 1. The van der Waals surface area contributed by atoms with Gasteiger partial charge in [0, 0.05) is 11.7 Å². The quantitative estimate of drug-likeness (QED) is 0.849. The van der Waals surface area contributed by atoms with Crippen LogP contribution in [-0.2, 0) is 24.1 Å². The molecule has 0 aromatic heterocycles. The van der Waals surface area contributed by atoms with Crippen molar-refractivity contribution in [2.75, 3.05) is 18.9 Å². The van der Waals surface area contributed by atoms with Crippen LogP contribution in [0.15, 0.2) is 42.5 Å². The molecule has 0 unspecified atom stereocenters. The fraction of sp³-hybridized carbons (Fsp3) is 0.409. The lowest BCUT2D eigenvalue weighted by Gasteiger charge is -2.25. The summed E-state index contributed by atoms with van der Waals surface area (Å²) in [5.41, 5.74) is 6.23. The van der Waals surface area contributed by atoms with Crippen LogP contribution in [0.3, 0.4) is 0 Å². The molecule has 132 valence electrons. The zero-order valence-electron chi connectivity index (χ0n) is 15.5. The number of likely N-dealkylation sites (N-methyl/N-ethyl adjacent to an activating group) is 1. The third-order valence-electron chi connectivity index (χ3n) is 5.29. The molecule has 1 N–H and O–H groups in total. The lowest BCUT2D eigenvalue weighted by atomic mass is 10.0. The van der Waals surface area contributed by atoms with E-state index in [2.05, 4.69) is 73.6 Å². The molecule has 0 saturated heterocycles. The number of para-hydroxylation sites is 1. The fourth-order valence-corrected chi connectivity index (χ4v) is 3.91. The van der Waals surface area contributed by atoms with Crippen molar-refractivity contribution >= 4 is 11.6 Å². The molecule has 1 amide bonds. The highest BCUT2D eigenvalue weighted by atomic mass is 16.2. The molecule has 2 aromatic carbocycles. The minimum Gasteiger partial charge on any atom is -0.324 e. The SMILES string of the molecule is CCc1cccc(CC)c1NC(=O)CN(C)[C@H]1CCc2ccccc21. The Hall–Kier alpha value is -2.13. The van der Waals surface area contributed by atoms with Crippen LogP contribution in [0.25, 0.3) is 0 Å². The molecule has 25 heavy (non-hydrogen) atoms. The zero-order chi connectivity index (χ0) is 17.8. The third kappa shape index (κ3) is 3.77. The van der Waals surface area contributed by atoms with Gasteiger partial charge in [-0.05, 0) is 55.0 Å². The summed E-state index contributed by atoms with van der Waals surface area (Å²) in [6.07, 6.45) is 4.05. The summed E-state index contributed by atoms with van der Waals surface area (Å²) in [4.78, 5) is 14.9. The van der Waals surface area contributed by atoms with Gasteiger partial charge in [-0.25, -0.2) is 0 Å². The normalized spacial score (nSPS) is 16.1. The van der Waals surface area contributed by atoms with Crippen molar-refractivity contribution in [2.24, 2.45) is 0 Å². The smallest absolute Gasteiger partial charge is 0.238 e. The van der Waals surface area contributed by atoms with Crippen molar-refractivity contribution in [1.82, 2.24) is 4.90 Å². The van der Waals surface area contributed by atoms with Crippen LogP contribution in [0, 0.1) is 0 Å². The van der Waals surface area contributed by atoms with Gasteiger partial charge in [0.15, 0.2) is 0 Å². The predicted octanol–water partition coefficient (Wildman–Crippen LogP) is 4.37. The molecule has 0 spiro atoms. The molecular formula is C22H28N2O. The van der Waals surface area contributed by atoms with Crippen molar-refractivity contribution < 1.29 is 4.79 Å². The molecule has 0 aliphatic heterocycles. The number of benzene rings is 2. The van der Waals surface area contributed by atoms with E-state index in [0.29, 0.717) is 12.6 Å². The fourth-order valence-electron chi connectivity index (χ4n) is 3.91. The number of amides is 1. The maximum Gasteiger partial charge on any atom is 0.238 e. The van der Waals surface area contributed by atoms with Gasteiger partial charge in [0.1, 0.15) is 0 Å². The van der Waals surface area contributed by atoms with E-state index in [4.69, 9.17) is 0 Å². The zero-order valence-corrected chi connectivity index (χ0v) is 15.5. The Bertz CT molecular complexity index is 731. The molecule has 3 nitrogen and oxygen atoms in total. The highest BCUT2D eigenvalue weighted by Gasteiger charge is 2.26. The average molecular weight is 336 g/mol. The number of nitrogens with one attached hydrogen (secondary N) is 1. The maximum atomic E-state index is 12.7. The van der Waals surface area contributed by atoms with Crippen LogP contribution >= 0.6 is 0 Å². The summed E-state index contributed by atoms with van der Waals surface area (Å²) in [6.45, 7) is 4.68. The van der Waals surface area contributed by atoms with Crippen LogP contribution in [-0.4, -0.2) is 24.4 Å². The average Bonchev–Trinajstić information content (AvgIpc) is 3.06. The lowest BCUT2D eigenvalue weighted by Crippen LogP contribution is -2.33. The highest BCUT2D eigenvalue weighted by Crippen LogP contribution is 2.34. The van der Waals surface area contributed by atoms with Gasteiger partial charge in [-0.1, -0.05) is 56.3 Å². The third-order valence-corrected chi connectivity index (χ3v) is 5.29. The molecular weight excluding hydrogens is 308 g/mol. The number of fused-ring (bicyclic) bond motifs is 1. The molecule has 3 heteroatoms. The summed E-state index contributed by atoms with van der Waals surface area (Å²) >= 11 is 0. The van der Waals surface area contributed by atoms with Crippen LogP contribution in [0.2, 0.25) is 0 Å². The van der Waals surface area contributed by atoms with Gasteiger partial charge in [0.25, 0.3) is 0 Å². The van der Waals surface area contributed by atoms with E-state index in [-0.39, 0.29) is 5.91 Å². The summed E-state index contributed by atoms with van der Waals surface area (Å²) in [7, 11) is 2.05. The van der Waals surface area contributed by atoms with Gasteiger partial charge in [-0.15, -0.1) is 0 Å². The molecule has 0 bridgehead atoms. The lowest BCUT2D eigenvalue weighted by molar-refractivity contribution is -0.117. The Kier molecular flexibility index (Phi) is 5.54. The van der Waals surface area contributed by atoms with Crippen molar-refractivity contribution in [3.8, 4) is 0 Å². The molecule has 0 radical (unpaired) electrons. The maximum absolute atomic E-state index is 12.7. The van der Waals surface area contributed by atoms with Crippen LogP contribution in [0.4, 0.5) is 5.69 Å². The Morgan fingerprint density at radius 3 is 2.44 bits per heavy atom. The topological polar surface area (TPSA) is 32.3 Å². The second kappa shape index (κ2) is 7.83. The Morgan fingerprint density at radius 2 is 1.76 bits per heavy atom. The monoisotopic (exact) mass is 336 g/mol. The van der Waals surface area contributed by atoms with E-state index in [1.54, 1.807) is 0 Å². The number of anilines is 1. The molecule has 0 heterocycles. The minimum absolute atomic E-state index is 0.0717. The molecule has 0 fully saturated rings. The summed E-state index contributed by atoms with van der Waals surface area (Å²) < 4.78 is 0. The van der Waals surface area contributed by atoms with E-state index in [1.165, 1.54) is 22.3 Å². The first kappa shape index (κ1) is 17.7. The number of aryl methyl sites for hydroxylation is 3. The van der Waals surface area contributed by atoms with Crippen molar-refractivity contribution in [3.05, 3.63) is 64.7 Å². The minimum atomic E-state index is 0.0717. The number of nitrogens with zero attached hydrogens (tertiary/aromatic N) is 1. The molecule has 1 atom stereocenters. The molecule has 1 aliphatic rings. The van der Waals surface area contributed by atoms with E-state index in [9.17, 15) is 4.79 Å². The van der Waals surface area contributed by atoms with Gasteiger partial charge < -0.3 is 5.32 Å². The van der Waals surface area contributed by atoms with Crippen molar-refractivity contribution in [1.29, 1.82) is 0 Å². The van der Waals surface area contributed by atoms with Crippen LogP contribution < -0.4 is 5.32 Å². The Morgan fingerprint density at radius 1 is 1.08 bits per heavy atom. The summed E-state index contributed by atoms with van der Waals surface area (Å²) in [5.74, 6) is 0.0717. The molecule has 2 aromatic rings. The second-order valence-electron chi connectivity index (χ2n) is 6.87. The Labute approximate surface area is 151 Å². The van der Waals surface area contributed by atoms with E-state index < -0.39 is 0 Å². The number of hydrogen-bond acceptors (Lipinski definition) is 2. The first-order valence-corrected chi connectivity index (χ1v) is 9.32. The number of carbonyl (C=O) groups excluding carboxylic acids is 1. The van der Waals surface area contributed by atoms with Gasteiger partial charge in [0.05, 0.1) is 6.54 Å². The van der Waals surface area contributed by atoms with E-state index in [1.807, 2.05) is 0 Å². The molecule has 1 aliphatic carbocycles. The van der Waals surface area contributed by atoms with E-state index >= 15 is 0 Å². The largest absolute Gasteiger partial charge is 0.324 e. The second-order valence-corrected chi connectivity index (χ2v) is 6.87. The summed E-state index contributed by atoms with van der Waals surface area (Å²) in [5, 5.41) is 3.18. The molecule has 0 saturated carbocycles. The van der Waals surface area contributed by atoms with Crippen molar-refractivity contribution in [2.45, 2.75) is 45.6 Å². The first-order valence-electron chi connectivity index (χ1n) is 9.32. The standard InChI is InChI=1S/C22H28N2O/c1-4-16-10-8-11-17(5-2)22(16)23-21(25)15-24(3)20-14-13-18-9-6-7-12-19(18)20/h6-12,20H,4-5,13-15H2,1-3H3,(H,23,25)/t20-/m0/s1. The van der Waals surface area contributed by atoms with Gasteiger partial charge in [0.2, 0.25) is 5.91 Å². The van der Waals surface area contributed by atoms with Crippen LogP contribution in [0.5, 0.6) is 0 Å². The van der Waals surface area contributed by atoms with Gasteiger partial charge >= 0.3 is 0 Å². The summed E-state index contributed by atoms with van der Waals surface area (Å²) in [6, 6.07) is 15.2. The van der Waals surface area contributed by atoms with Gasteiger partial charge in [-0.3, -0.25) is 9.69 Å². The van der Waals surface area contributed by atoms with Gasteiger partial charge in [-0.2, -0.15) is 0 Å². The Balaban J connectivity index is 1.70. The molecule has 3 rings (SSSR count). The van der Waals surface area contributed by atoms with Crippen LogP contribution in [0.1, 0.15) is 48.6 Å². The number of rotatable bonds is 6. The number of carbonyl (C=O) groups is 1. The first-order chi connectivity index (χ1) is 12.1. The highest BCUT2D eigenvalue weighted by molar-refractivity contribution is 5.93. The van der Waals surface area contributed by atoms with Crippen molar-refractivity contribution in [3.63, 3.8) is 0 Å².